The largest absolute Gasteiger partial charge is 0.399 e. The highest BCUT2D eigenvalue weighted by Crippen LogP contribution is 2.18. The molecular formula is C12H16N4S. The van der Waals surface area contributed by atoms with Crippen molar-refractivity contribution in [2.24, 2.45) is 0 Å². The molecule has 0 saturated heterocycles. The number of benzene rings is 1. The van der Waals surface area contributed by atoms with Gasteiger partial charge >= 0.3 is 0 Å². The number of aromatic nitrogens is 2. The second kappa shape index (κ2) is 5.14. The van der Waals surface area contributed by atoms with E-state index in [9.17, 15) is 0 Å². The molecule has 4 nitrogen and oxygen atoms in total. The number of hydrogen-bond acceptors (Lipinski definition) is 5. The Morgan fingerprint density at radius 1 is 1.29 bits per heavy atom. The van der Waals surface area contributed by atoms with E-state index in [2.05, 4.69) is 21.2 Å². The zero-order valence-corrected chi connectivity index (χ0v) is 10.9. The van der Waals surface area contributed by atoms with Crippen LogP contribution in [0.25, 0.3) is 0 Å². The summed E-state index contributed by atoms with van der Waals surface area (Å²) < 4.78 is 4.28. The van der Waals surface area contributed by atoms with Crippen molar-refractivity contribution in [1.29, 1.82) is 0 Å². The number of anilines is 2. The van der Waals surface area contributed by atoms with Crippen molar-refractivity contribution in [2.45, 2.75) is 19.9 Å². The number of hydrogen-bond donors (Lipinski definition) is 1. The summed E-state index contributed by atoms with van der Waals surface area (Å²) in [4.78, 5) is 6.55. The molecule has 0 atom stereocenters. The van der Waals surface area contributed by atoms with Crippen LogP contribution in [0, 0.1) is 0 Å². The molecule has 0 fully saturated rings. The van der Waals surface area contributed by atoms with E-state index in [1.54, 1.807) is 0 Å². The molecule has 2 rings (SSSR count). The van der Waals surface area contributed by atoms with Gasteiger partial charge < -0.3 is 10.6 Å². The molecule has 0 amide bonds. The van der Waals surface area contributed by atoms with Crippen molar-refractivity contribution in [3.8, 4) is 0 Å². The molecule has 2 aromatic rings. The molecule has 0 aliphatic heterocycles. The Hall–Kier alpha value is -1.62. The van der Waals surface area contributed by atoms with Crippen LogP contribution in [0.15, 0.2) is 24.3 Å². The third kappa shape index (κ3) is 2.94. The first-order chi connectivity index (χ1) is 8.19. The van der Waals surface area contributed by atoms with E-state index in [1.165, 1.54) is 17.1 Å². The lowest BCUT2D eigenvalue weighted by molar-refractivity contribution is 0.898. The summed E-state index contributed by atoms with van der Waals surface area (Å²) >= 11 is 1.44. The summed E-state index contributed by atoms with van der Waals surface area (Å²) in [5, 5.41) is 0.957. The first-order valence-corrected chi connectivity index (χ1v) is 6.34. The zero-order chi connectivity index (χ0) is 12.3. The van der Waals surface area contributed by atoms with Gasteiger partial charge in [0.25, 0.3) is 0 Å². The molecular weight excluding hydrogens is 232 g/mol. The third-order valence-electron chi connectivity index (χ3n) is 2.50. The highest BCUT2D eigenvalue weighted by atomic mass is 32.1. The van der Waals surface area contributed by atoms with Gasteiger partial charge in [0.05, 0.1) is 0 Å². The van der Waals surface area contributed by atoms with Crippen LogP contribution in [0.4, 0.5) is 10.8 Å². The summed E-state index contributed by atoms with van der Waals surface area (Å²) in [6.45, 7) is 2.88. The molecule has 1 heterocycles. The Bertz CT molecular complexity index is 478. The molecule has 0 saturated carbocycles. The van der Waals surface area contributed by atoms with Gasteiger partial charge in [-0.25, -0.2) is 4.98 Å². The number of rotatable bonds is 4. The van der Waals surface area contributed by atoms with Gasteiger partial charge in [0.2, 0.25) is 5.13 Å². The highest BCUT2D eigenvalue weighted by Gasteiger charge is 2.07. The number of nitrogens with two attached hydrogens (primary N) is 1. The maximum Gasteiger partial charge on any atom is 0.205 e. The lowest BCUT2D eigenvalue weighted by Crippen LogP contribution is -2.16. The van der Waals surface area contributed by atoms with Gasteiger partial charge in [-0.05, 0) is 17.7 Å². The molecule has 0 aliphatic rings. The van der Waals surface area contributed by atoms with Gasteiger partial charge in [0.1, 0.15) is 5.82 Å². The summed E-state index contributed by atoms with van der Waals surface area (Å²) in [6, 6.07) is 7.91. The quantitative estimate of drug-likeness (QED) is 0.844. The first-order valence-electron chi connectivity index (χ1n) is 5.57. The Labute approximate surface area is 105 Å². The Balaban J connectivity index is 2.05. The maximum atomic E-state index is 5.66. The normalized spacial score (nSPS) is 10.5. The summed E-state index contributed by atoms with van der Waals surface area (Å²) in [6.07, 6.45) is 0.881. The summed E-state index contributed by atoms with van der Waals surface area (Å²) in [7, 11) is 2.02. The van der Waals surface area contributed by atoms with Crippen LogP contribution in [0.2, 0.25) is 0 Å². The predicted octanol–water partition coefficient (Wildman–Crippen LogP) is 2.32. The molecule has 5 heteroatoms. The van der Waals surface area contributed by atoms with Crippen LogP contribution in [0.5, 0.6) is 0 Å². The third-order valence-corrected chi connectivity index (χ3v) is 3.37. The van der Waals surface area contributed by atoms with E-state index in [4.69, 9.17) is 5.73 Å². The number of nitrogen functional groups attached to an aromatic ring is 1. The standard InChI is InChI=1S/C12H16N4S/c1-3-11-14-12(17-15-11)16(2)8-9-4-6-10(13)7-5-9/h4-7H,3,8,13H2,1-2H3. The van der Waals surface area contributed by atoms with Gasteiger partial charge in [-0.1, -0.05) is 19.1 Å². The molecule has 0 radical (unpaired) electrons. The van der Waals surface area contributed by atoms with Crippen molar-refractivity contribution in [3.63, 3.8) is 0 Å². The summed E-state index contributed by atoms with van der Waals surface area (Å²) in [5.41, 5.74) is 7.67. The molecule has 1 aromatic heterocycles. The Morgan fingerprint density at radius 2 is 2.00 bits per heavy atom. The molecule has 0 unspecified atom stereocenters. The topological polar surface area (TPSA) is 55.0 Å². The van der Waals surface area contributed by atoms with Crippen molar-refractivity contribution in [2.75, 3.05) is 17.7 Å². The van der Waals surface area contributed by atoms with Crippen molar-refractivity contribution < 1.29 is 0 Å². The second-order valence-corrected chi connectivity index (χ2v) is 4.67. The van der Waals surface area contributed by atoms with Crippen LogP contribution in [0.1, 0.15) is 18.3 Å². The van der Waals surface area contributed by atoms with Crippen LogP contribution in [-0.4, -0.2) is 16.4 Å². The maximum absolute atomic E-state index is 5.66. The zero-order valence-electron chi connectivity index (χ0n) is 10.1. The fourth-order valence-electron chi connectivity index (χ4n) is 1.51. The first kappa shape index (κ1) is 11.9. The number of aryl methyl sites for hydroxylation is 1. The van der Waals surface area contributed by atoms with Crippen LogP contribution < -0.4 is 10.6 Å². The minimum absolute atomic E-state index is 0.792. The number of nitrogens with zero attached hydrogens (tertiary/aromatic N) is 3. The molecule has 90 valence electrons. The lowest BCUT2D eigenvalue weighted by atomic mass is 10.2. The van der Waals surface area contributed by atoms with Crippen LogP contribution in [0.3, 0.4) is 0 Å². The van der Waals surface area contributed by atoms with E-state index in [-0.39, 0.29) is 0 Å². The van der Waals surface area contributed by atoms with E-state index in [0.717, 1.165) is 29.6 Å². The molecule has 0 aliphatic carbocycles. The minimum atomic E-state index is 0.792. The monoisotopic (exact) mass is 248 g/mol. The second-order valence-electron chi connectivity index (χ2n) is 3.94. The van der Waals surface area contributed by atoms with Crippen molar-refractivity contribution in [1.82, 2.24) is 9.36 Å². The molecule has 0 bridgehead atoms. The average Bonchev–Trinajstić information content (AvgIpc) is 2.81. The smallest absolute Gasteiger partial charge is 0.205 e. The van der Waals surface area contributed by atoms with E-state index in [1.807, 2.05) is 31.3 Å². The van der Waals surface area contributed by atoms with Gasteiger partial charge in [-0.15, -0.1) is 0 Å². The minimum Gasteiger partial charge on any atom is -0.399 e. The van der Waals surface area contributed by atoms with Crippen molar-refractivity contribution in [3.05, 3.63) is 35.7 Å². The van der Waals surface area contributed by atoms with E-state index < -0.39 is 0 Å². The van der Waals surface area contributed by atoms with E-state index >= 15 is 0 Å². The lowest BCUT2D eigenvalue weighted by Gasteiger charge is -2.15. The summed E-state index contributed by atoms with van der Waals surface area (Å²) in [5.74, 6) is 0.911. The fourth-order valence-corrected chi connectivity index (χ4v) is 2.22. The molecule has 2 N–H and O–H groups in total. The molecule has 17 heavy (non-hydrogen) atoms. The van der Waals surface area contributed by atoms with Gasteiger partial charge in [-0.2, -0.15) is 4.37 Å². The van der Waals surface area contributed by atoms with Crippen LogP contribution in [-0.2, 0) is 13.0 Å². The van der Waals surface area contributed by atoms with Crippen LogP contribution >= 0.6 is 11.5 Å². The van der Waals surface area contributed by atoms with Gasteiger partial charge in [0.15, 0.2) is 0 Å². The highest BCUT2D eigenvalue weighted by molar-refractivity contribution is 7.09. The van der Waals surface area contributed by atoms with Crippen molar-refractivity contribution >= 4 is 22.4 Å². The predicted molar refractivity (Wildman–Crippen MR) is 72.2 cm³/mol. The van der Waals surface area contributed by atoms with E-state index in [0.29, 0.717) is 0 Å². The Kier molecular flexibility index (Phi) is 3.58. The molecule has 0 spiro atoms. The fraction of sp³-hybridized carbons (Fsp3) is 0.333. The SMILES string of the molecule is CCc1nsc(N(C)Cc2ccc(N)cc2)n1. The Morgan fingerprint density at radius 3 is 2.59 bits per heavy atom. The van der Waals surface area contributed by atoms with Gasteiger partial charge in [-0.3, -0.25) is 0 Å². The average molecular weight is 248 g/mol. The van der Waals surface area contributed by atoms with Gasteiger partial charge in [0, 0.05) is 37.2 Å². The molecule has 1 aromatic carbocycles.